The topological polar surface area (TPSA) is 26.3 Å². The Balaban J connectivity index is 2.88. The zero-order chi connectivity index (χ0) is 6.95. The average Bonchev–Trinajstić information content (AvgIpc) is 1.89. The first-order valence-electron chi connectivity index (χ1n) is 2.49. The molecule has 0 unspecified atom stereocenters. The molecule has 0 N–H and O–H groups in total. The number of carbonyl (C=O) groups excluding carboxylic acids is 1. The van der Waals surface area contributed by atoms with Crippen LogP contribution in [0.2, 0.25) is 0 Å². The molecule has 0 aliphatic heterocycles. The number of hydrogen-bond donors (Lipinski definition) is 0. The number of halogens is 1. The van der Waals surface area contributed by atoms with E-state index in [0.717, 1.165) is 12.8 Å². The van der Waals surface area contributed by atoms with Gasteiger partial charge in [0.1, 0.15) is 0 Å². The first-order chi connectivity index (χ1) is 4.41. The number of ether oxygens (including phenoxy) is 1. The molecule has 3 heteroatoms. The van der Waals surface area contributed by atoms with E-state index in [1.807, 2.05) is 0 Å². The van der Waals surface area contributed by atoms with Gasteiger partial charge in [0.2, 0.25) is 0 Å². The van der Waals surface area contributed by atoms with Crippen LogP contribution in [0.25, 0.3) is 0 Å². The van der Waals surface area contributed by atoms with Crippen LogP contribution in [-0.2, 0) is 9.53 Å². The van der Waals surface area contributed by atoms with Crippen LogP contribution < -0.4 is 0 Å². The lowest BCUT2D eigenvalue weighted by molar-refractivity contribution is 0.275. The molecule has 0 aromatic carbocycles. The largest absolute Gasteiger partial charge is 0.457 e. The van der Waals surface area contributed by atoms with Crippen LogP contribution in [0.5, 0.6) is 0 Å². The normalized spacial score (nSPS) is 7.22. The quantitative estimate of drug-likeness (QED) is 0.491. The van der Waals surface area contributed by atoms with E-state index in [-0.39, 0.29) is 0 Å². The Labute approximate surface area is 62.7 Å². The van der Waals surface area contributed by atoms with Gasteiger partial charge >= 0.3 is 6.47 Å². The molecule has 0 aliphatic rings. The van der Waals surface area contributed by atoms with Crippen molar-refractivity contribution in [2.75, 3.05) is 6.61 Å². The van der Waals surface area contributed by atoms with Crippen molar-refractivity contribution in [1.82, 2.24) is 0 Å². The predicted octanol–water partition coefficient (Wildman–Crippen LogP) is 1.21. The minimum Gasteiger partial charge on any atom is -0.457 e. The average molecular weight is 190 g/mol. The van der Waals surface area contributed by atoms with Crippen molar-refractivity contribution in [1.29, 1.82) is 0 Å². The SMILES string of the molecule is O=[C]OCCCC#CBr. The van der Waals surface area contributed by atoms with Crippen LogP contribution in [-0.4, -0.2) is 13.1 Å². The van der Waals surface area contributed by atoms with E-state index in [0.29, 0.717) is 6.61 Å². The van der Waals surface area contributed by atoms with Gasteiger partial charge in [0.15, 0.2) is 0 Å². The van der Waals surface area contributed by atoms with Gasteiger partial charge < -0.3 is 4.74 Å². The molecule has 9 heavy (non-hydrogen) atoms. The molecule has 0 spiro atoms. The molecule has 0 bridgehead atoms. The zero-order valence-electron chi connectivity index (χ0n) is 4.82. The van der Waals surface area contributed by atoms with Gasteiger partial charge in [-0.15, -0.1) is 0 Å². The molecule has 1 radical (unpaired) electrons. The van der Waals surface area contributed by atoms with Gasteiger partial charge in [-0.1, -0.05) is 5.92 Å². The Bertz CT molecular complexity index is 123. The number of rotatable bonds is 4. The van der Waals surface area contributed by atoms with E-state index in [4.69, 9.17) is 0 Å². The van der Waals surface area contributed by atoms with Crippen LogP contribution in [0.3, 0.4) is 0 Å². The van der Waals surface area contributed by atoms with E-state index in [9.17, 15) is 4.79 Å². The summed E-state index contributed by atoms with van der Waals surface area (Å²) >= 11 is 2.94. The lowest BCUT2D eigenvalue weighted by atomic mass is 10.3. The van der Waals surface area contributed by atoms with Crippen molar-refractivity contribution in [2.24, 2.45) is 0 Å². The van der Waals surface area contributed by atoms with E-state index < -0.39 is 0 Å². The summed E-state index contributed by atoms with van der Waals surface area (Å²) < 4.78 is 4.29. The van der Waals surface area contributed by atoms with Crippen molar-refractivity contribution >= 4 is 22.4 Å². The summed E-state index contributed by atoms with van der Waals surface area (Å²) in [5.74, 6) is 2.76. The molecule has 0 rings (SSSR count). The molecule has 2 nitrogen and oxygen atoms in total. The second-order valence-corrected chi connectivity index (χ2v) is 1.70. The minimum atomic E-state index is 0.408. The first kappa shape index (κ1) is 8.51. The molecule has 0 heterocycles. The molecule has 0 amide bonds. The van der Waals surface area contributed by atoms with Gasteiger partial charge in [-0.25, -0.2) is 4.79 Å². The fraction of sp³-hybridized carbons (Fsp3) is 0.500. The minimum absolute atomic E-state index is 0.408. The third kappa shape index (κ3) is 7.51. The number of hydrogen-bond acceptors (Lipinski definition) is 2. The van der Waals surface area contributed by atoms with Crippen LogP contribution in [0.4, 0.5) is 0 Å². The lowest BCUT2D eigenvalue weighted by Crippen LogP contribution is -1.89. The van der Waals surface area contributed by atoms with E-state index in [1.54, 1.807) is 0 Å². The van der Waals surface area contributed by atoms with Gasteiger partial charge in [0, 0.05) is 22.4 Å². The molecule has 0 fully saturated rings. The van der Waals surface area contributed by atoms with Crippen LogP contribution >= 0.6 is 15.9 Å². The summed E-state index contributed by atoms with van der Waals surface area (Å²) in [7, 11) is 0. The molecule has 0 saturated carbocycles. The Morgan fingerprint density at radius 2 is 2.33 bits per heavy atom. The molecule has 0 aromatic rings. The highest BCUT2D eigenvalue weighted by Crippen LogP contribution is 1.86. The van der Waals surface area contributed by atoms with E-state index >= 15 is 0 Å². The Morgan fingerprint density at radius 3 is 2.89 bits per heavy atom. The second kappa shape index (κ2) is 7.51. The Hall–Kier alpha value is -0.490. The molecule has 49 valence electrons. The van der Waals surface area contributed by atoms with Crippen molar-refractivity contribution in [3.05, 3.63) is 0 Å². The summed E-state index contributed by atoms with van der Waals surface area (Å²) in [5.41, 5.74) is 0. The monoisotopic (exact) mass is 189 g/mol. The van der Waals surface area contributed by atoms with Crippen molar-refractivity contribution < 1.29 is 9.53 Å². The van der Waals surface area contributed by atoms with Gasteiger partial charge in [0.05, 0.1) is 6.61 Å². The Kier molecular flexibility index (Phi) is 7.10. The van der Waals surface area contributed by atoms with Crippen molar-refractivity contribution in [3.8, 4) is 10.8 Å². The molecule has 0 aliphatic carbocycles. The third-order valence-corrected chi connectivity index (χ3v) is 0.954. The van der Waals surface area contributed by atoms with Crippen LogP contribution in [0.1, 0.15) is 12.8 Å². The number of unbranched alkanes of at least 4 members (excludes halogenated alkanes) is 1. The van der Waals surface area contributed by atoms with E-state index in [1.165, 1.54) is 6.47 Å². The maximum absolute atomic E-state index is 9.45. The summed E-state index contributed by atoms with van der Waals surface area (Å²) in [6.07, 6.45) is 1.51. The molecule has 0 atom stereocenters. The second-order valence-electron chi connectivity index (χ2n) is 1.31. The standard InChI is InChI=1S/C6H6BrO2/c7-4-2-1-3-5-9-6-8/h1,3,5H2. The molecule has 0 aromatic heterocycles. The Morgan fingerprint density at radius 1 is 1.56 bits per heavy atom. The molecular formula is C6H6BrO2. The first-order valence-corrected chi connectivity index (χ1v) is 3.28. The smallest absolute Gasteiger partial charge is 0.417 e. The summed E-state index contributed by atoms with van der Waals surface area (Å²) in [6.45, 7) is 1.74. The maximum Gasteiger partial charge on any atom is 0.417 e. The van der Waals surface area contributed by atoms with Gasteiger partial charge in [-0.2, -0.15) is 0 Å². The lowest BCUT2D eigenvalue weighted by Gasteiger charge is -1.89. The summed E-state index contributed by atoms with van der Waals surface area (Å²) in [4.78, 5) is 12.0. The molecular weight excluding hydrogens is 184 g/mol. The van der Waals surface area contributed by atoms with Crippen molar-refractivity contribution in [2.45, 2.75) is 12.8 Å². The fourth-order valence-corrected chi connectivity index (χ4v) is 0.520. The van der Waals surface area contributed by atoms with Gasteiger partial charge in [-0.3, -0.25) is 0 Å². The van der Waals surface area contributed by atoms with Crippen molar-refractivity contribution in [3.63, 3.8) is 0 Å². The predicted molar refractivity (Wildman–Crippen MR) is 37.6 cm³/mol. The highest BCUT2D eigenvalue weighted by atomic mass is 79.9. The molecule has 0 saturated heterocycles. The van der Waals surface area contributed by atoms with Crippen LogP contribution in [0.15, 0.2) is 0 Å². The fourth-order valence-electron chi connectivity index (χ4n) is 0.322. The maximum atomic E-state index is 9.45. The van der Waals surface area contributed by atoms with Gasteiger partial charge in [0.25, 0.3) is 0 Å². The summed E-state index contributed by atoms with van der Waals surface area (Å²) in [5, 5.41) is 0. The van der Waals surface area contributed by atoms with Crippen LogP contribution in [0, 0.1) is 10.8 Å². The highest BCUT2D eigenvalue weighted by Gasteiger charge is 1.82. The van der Waals surface area contributed by atoms with Gasteiger partial charge in [-0.05, 0) is 11.3 Å². The van der Waals surface area contributed by atoms with E-state index in [2.05, 4.69) is 31.4 Å². The highest BCUT2D eigenvalue weighted by molar-refractivity contribution is 9.12. The third-order valence-electron chi connectivity index (χ3n) is 0.674. The summed E-state index contributed by atoms with van der Waals surface area (Å²) in [6, 6.07) is 0. The zero-order valence-corrected chi connectivity index (χ0v) is 6.40.